The summed E-state index contributed by atoms with van der Waals surface area (Å²) in [6.45, 7) is 1.20. The lowest BCUT2D eigenvalue weighted by atomic mass is 10.0. The van der Waals surface area contributed by atoms with Crippen molar-refractivity contribution in [1.82, 2.24) is 0 Å². The molecular formula is C26H58B2O22. The van der Waals surface area contributed by atoms with E-state index in [4.69, 9.17) is 65.8 Å². The Morgan fingerprint density at radius 1 is 0.460 bits per heavy atom. The molecule has 0 amide bonds. The first-order valence-electron chi connectivity index (χ1n) is 15.9. The summed E-state index contributed by atoms with van der Waals surface area (Å²) in [7, 11) is -2.71. The predicted octanol–water partition coefficient (Wildman–Crippen LogP) is -9.37. The molecule has 50 heavy (non-hydrogen) atoms. The van der Waals surface area contributed by atoms with Crippen LogP contribution in [0.2, 0.25) is 0 Å². The van der Waals surface area contributed by atoms with E-state index in [-0.39, 0.29) is 13.2 Å². The third-order valence-electron chi connectivity index (χ3n) is 7.13. The minimum Gasteiger partial charge on any atom is -0.402 e. The van der Waals surface area contributed by atoms with Gasteiger partial charge in [-0.2, -0.15) is 0 Å². The van der Waals surface area contributed by atoms with Gasteiger partial charge in [0.15, 0.2) is 0 Å². The van der Waals surface area contributed by atoms with Crippen LogP contribution in [0.5, 0.6) is 0 Å². The molecule has 300 valence electrons. The van der Waals surface area contributed by atoms with Crippen LogP contribution in [0.4, 0.5) is 0 Å². The molecule has 0 spiro atoms. The number of hydrogen-bond donors (Lipinski definition) is 18. The van der Waals surface area contributed by atoms with Gasteiger partial charge in [0, 0.05) is 0 Å². The molecule has 0 aromatic heterocycles. The highest BCUT2D eigenvalue weighted by Crippen LogP contribution is 2.17. The fourth-order valence-electron chi connectivity index (χ4n) is 3.94. The Hall–Kier alpha value is -0.750. The average Bonchev–Trinajstić information content (AvgIpc) is 3.76. The maximum atomic E-state index is 9.61. The summed E-state index contributed by atoms with van der Waals surface area (Å²) in [6.07, 6.45) is -15.2. The largest absolute Gasteiger partial charge is 0.637 e. The minimum absolute atomic E-state index is 0.000602. The first-order chi connectivity index (χ1) is 23.4. The van der Waals surface area contributed by atoms with Crippen molar-refractivity contribution in [2.75, 3.05) is 39.6 Å². The molecule has 1 unspecified atom stereocenters. The second-order valence-corrected chi connectivity index (χ2v) is 11.3. The molecule has 0 radical (unpaired) electrons. The van der Waals surface area contributed by atoms with Crippen LogP contribution in [-0.4, -0.2) is 231 Å². The molecule has 2 saturated heterocycles. The molecular weight excluding hydrogens is 686 g/mol. The quantitative estimate of drug-likeness (QED) is 0.0579. The fourth-order valence-corrected chi connectivity index (χ4v) is 3.94. The summed E-state index contributed by atoms with van der Waals surface area (Å²) in [6, 6.07) is 0. The SMILES string of the molecule is CCC[C@H](O)[C@@H](O)[C@H](O)[C@H](O)CO.CCC[C@H](O)[C@@H](O)[C@H](O)[C@H]1COB(O)O1.OC[C@@H](O)C(O)[C@@H](O)CO.OC[C@H](O)[C@@H](O)[C@H]1COB(O)O1. The van der Waals surface area contributed by atoms with Crippen LogP contribution in [0, 0.1) is 0 Å². The van der Waals surface area contributed by atoms with Gasteiger partial charge in [0.1, 0.15) is 61.0 Å². The van der Waals surface area contributed by atoms with Gasteiger partial charge in [0.25, 0.3) is 0 Å². The van der Waals surface area contributed by atoms with Crippen LogP contribution in [-0.2, 0) is 18.6 Å². The van der Waals surface area contributed by atoms with Gasteiger partial charge in [0.2, 0.25) is 0 Å². The summed E-state index contributed by atoms with van der Waals surface area (Å²) >= 11 is 0. The molecule has 0 bridgehead atoms. The molecule has 2 fully saturated rings. The van der Waals surface area contributed by atoms with E-state index in [2.05, 4.69) is 14.0 Å². The smallest absolute Gasteiger partial charge is 0.402 e. The zero-order valence-corrected chi connectivity index (χ0v) is 28.0. The number of rotatable bonds is 18. The zero-order chi connectivity index (χ0) is 39.1. The maximum Gasteiger partial charge on any atom is 0.637 e. The number of aliphatic hydroxyl groups is 16. The standard InChI is InChI=1S/C8H17BO6.C8H18O5.C5H11BO6.C5H12O5/c1-2-3-5(10)7(11)8(12)6-4-14-9(13)15-6;1-2-3-5(10)7(12)8(13)6(11)4-9;7-1-3(8)5(9)4-2-11-6(10)12-4;6-1-3(8)5(10)4(9)2-7/h5-8,10-13H,2-4H2,1H3;5-13H,2-4H2,1H3;3-5,7-10H,1-2H2;3-10H,1-2H2/t2*5-,6+,7+,8+;3-,4+,5+;3-,4+,5?/m000./s1. The van der Waals surface area contributed by atoms with Crippen molar-refractivity contribution in [1.29, 1.82) is 0 Å². The topological polar surface area (TPSA) is 401 Å². The number of hydrogen-bond acceptors (Lipinski definition) is 22. The lowest BCUT2D eigenvalue weighted by molar-refractivity contribution is -0.116. The van der Waals surface area contributed by atoms with Crippen LogP contribution in [0.3, 0.4) is 0 Å². The van der Waals surface area contributed by atoms with Crippen LogP contribution in [0.25, 0.3) is 0 Å². The van der Waals surface area contributed by atoms with Gasteiger partial charge in [-0.1, -0.05) is 26.7 Å². The van der Waals surface area contributed by atoms with E-state index >= 15 is 0 Å². The second-order valence-electron chi connectivity index (χ2n) is 11.3. The van der Waals surface area contributed by atoms with E-state index in [0.29, 0.717) is 25.7 Å². The Balaban J connectivity index is 0. The predicted molar refractivity (Wildman–Crippen MR) is 168 cm³/mol. The third kappa shape index (κ3) is 19.9. The minimum atomic E-state index is -1.51. The molecule has 2 aliphatic rings. The maximum absolute atomic E-state index is 9.61. The fraction of sp³-hybridized carbons (Fsp3) is 1.00. The molecule has 14 atom stereocenters. The molecule has 24 heteroatoms. The normalized spacial score (nSPS) is 24.7. The Bertz CT molecular complexity index is 788. The van der Waals surface area contributed by atoms with Gasteiger partial charge in [0.05, 0.1) is 64.1 Å². The summed E-state index contributed by atoms with van der Waals surface area (Å²) < 4.78 is 18.7. The summed E-state index contributed by atoms with van der Waals surface area (Å²) in [5, 5.41) is 160. The van der Waals surface area contributed by atoms with Crippen molar-refractivity contribution in [3.8, 4) is 0 Å². The van der Waals surface area contributed by atoms with E-state index < -0.39 is 127 Å². The summed E-state index contributed by atoms with van der Waals surface area (Å²) in [5.74, 6) is 0. The van der Waals surface area contributed by atoms with Gasteiger partial charge in [-0.25, -0.2) is 0 Å². The summed E-state index contributed by atoms with van der Waals surface area (Å²) in [5.41, 5.74) is 0. The zero-order valence-electron chi connectivity index (χ0n) is 28.0. The highest BCUT2D eigenvalue weighted by atomic mass is 16.7. The first kappa shape index (κ1) is 51.4. The monoisotopic (exact) mass is 744 g/mol. The van der Waals surface area contributed by atoms with Crippen molar-refractivity contribution in [3.05, 3.63) is 0 Å². The Morgan fingerprint density at radius 3 is 1.10 bits per heavy atom. The molecule has 0 aliphatic carbocycles. The molecule has 2 aliphatic heterocycles. The molecule has 0 aromatic rings. The van der Waals surface area contributed by atoms with Crippen molar-refractivity contribution in [2.45, 2.75) is 125 Å². The van der Waals surface area contributed by atoms with Crippen LogP contribution in [0.15, 0.2) is 0 Å². The van der Waals surface area contributed by atoms with Gasteiger partial charge >= 0.3 is 14.6 Å². The molecule has 0 saturated carbocycles. The van der Waals surface area contributed by atoms with Gasteiger partial charge in [-0.15, -0.1) is 0 Å². The molecule has 18 N–H and O–H groups in total. The molecule has 0 aromatic carbocycles. The second kappa shape index (κ2) is 28.7. The van der Waals surface area contributed by atoms with Gasteiger partial charge in [-0.3, -0.25) is 0 Å². The lowest BCUT2D eigenvalue weighted by Gasteiger charge is -2.25. The highest BCUT2D eigenvalue weighted by molar-refractivity contribution is 6.35. The summed E-state index contributed by atoms with van der Waals surface area (Å²) in [4.78, 5) is 0. The van der Waals surface area contributed by atoms with E-state index in [1.165, 1.54) is 0 Å². The Morgan fingerprint density at radius 2 is 0.780 bits per heavy atom. The van der Waals surface area contributed by atoms with Crippen molar-refractivity contribution >= 4 is 14.6 Å². The van der Waals surface area contributed by atoms with E-state index in [9.17, 15) is 30.6 Å². The lowest BCUT2D eigenvalue weighted by Crippen LogP contribution is -2.45. The Labute approximate surface area is 289 Å². The highest BCUT2D eigenvalue weighted by Gasteiger charge is 2.40. The van der Waals surface area contributed by atoms with E-state index in [1.54, 1.807) is 0 Å². The van der Waals surface area contributed by atoms with Crippen LogP contribution >= 0.6 is 0 Å². The average molecular weight is 744 g/mol. The van der Waals surface area contributed by atoms with Crippen LogP contribution < -0.4 is 0 Å². The molecule has 22 nitrogen and oxygen atoms in total. The molecule has 2 heterocycles. The van der Waals surface area contributed by atoms with Crippen molar-refractivity contribution < 1.29 is 110 Å². The first-order valence-corrected chi connectivity index (χ1v) is 15.9. The Kier molecular flexibility index (Phi) is 29.5. The van der Waals surface area contributed by atoms with Crippen LogP contribution in [0.1, 0.15) is 39.5 Å². The van der Waals surface area contributed by atoms with E-state index in [0.717, 1.165) is 0 Å². The molecule has 2 rings (SSSR count). The van der Waals surface area contributed by atoms with Crippen molar-refractivity contribution in [3.63, 3.8) is 0 Å². The van der Waals surface area contributed by atoms with Crippen molar-refractivity contribution in [2.24, 2.45) is 0 Å². The number of aliphatic hydroxyl groups excluding tert-OH is 16. The van der Waals surface area contributed by atoms with E-state index in [1.807, 2.05) is 13.8 Å². The van der Waals surface area contributed by atoms with Gasteiger partial charge < -0.3 is 110 Å². The van der Waals surface area contributed by atoms with Gasteiger partial charge in [-0.05, 0) is 12.8 Å². The third-order valence-corrected chi connectivity index (χ3v) is 7.13.